The van der Waals surface area contributed by atoms with Crippen LogP contribution in [0.4, 0.5) is 0 Å². The maximum Gasteiger partial charge on any atom is 0.271 e. The molecule has 2 aromatic rings. The van der Waals surface area contributed by atoms with Gasteiger partial charge in [0.2, 0.25) is 0 Å². The molecule has 1 amide bonds. The van der Waals surface area contributed by atoms with E-state index in [0.29, 0.717) is 15.6 Å². The SMILES string of the molecule is O=C(N/N=C\c1cc(Br)c(O)cc1O)c1ccccc1. The number of benzene rings is 2. The van der Waals surface area contributed by atoms with E-state index in [2.05, 4.69) is 26.5 Å². The van der Waals surface area contributed by atoms with Crippen LogP contribution in [0.25, 0.3) is 0 Å². The van der Waals surface area contributed by atoms with E-state index in [4.69, 9.17) is 0 Å². The first-order valence-corrected chi connectivity index (χ1v) is 6.47. The van der Waals surface area contributed by atoms with Crippen molar-refractivity contribution in [1.82, 2.24) is 5.43 Å². The Bertz CT molecular complexity index is 657. The Morgan fingerprint density at radius 1 is 1.15 bits per heavy atom. The molecule has 3 N–H and O–H groups in total. The van der Waals surface area contributed by atoms with Crippen molar-refractivity contribution >= 4 is 28.1 Å². The molecule has 0 heterocycles. The van der Waals surface area contributed by atoms with Crippen molar-refractivity contribution < 1.29 is 15.0 Å². The third-order valence-electron chi connectivity index (χ3n) is 2.50. The summed E-state index contributed by atoms with van der Waals surface area (Å²) in [6.07, 6.45) is 1.29. The van der Waals surface area contributed by atoms with Gasteiger partial charge in [-0.3, -0.25) is 4.79 Å². The van der Waals surface area contributed by atoms with Crippen LogP contribution in [0.3, 0.4) is 0 Å². The van der Waals surface area contributed by atoms with E-state index in [1.165, 1.54) is 18.3 Å². The molecule has 0 saturated carbocycles. The van der Waals surface area contributed by atoms with Gasteiger partial charge in [-0.2, -0.15) is 5.10 Å². The molecule has 0 aliphatic heterocycles. The summed E-state index contributed by atoms with van der Waals surface area (Å²) in [4.78, 5) is 11.7. The lowest BCUT2D eigenvalue weighted by Gasteiger charge is -2.02. The van der Waals surface area contributed by atoms with Gasteiger partial charge in [0.25, 0.3) is 5.91 Å². The van der Waals surface area contributed by atoms with Gasteiger partial charge < -0.3 is 10.2 Å². The molecule has 20 heavy (non-hydrogen) atoms. The predicted octanol–water partition coefficient (Wildman–Crippen LogP) is 2.62. The second-order valence-electron chi connectivity index (χ2n) is 3.93. The monoisotopic (exact) mass is 334 g/mol. The third kappa shape index (κ3) is 3.36. The number of nitrogens with zero attached hydrogens (tertiary/aromatic N) is 1. The average Bonchev–Trinajstić information content (AvgIpc) is 2.45. The van der Waals surface area contributed by atoms with Crippen LogP contribution in [-0.4, -0.2) is 22.3 Å². The van der Waals surface area contributed by atoms with Gasteiger partial charge in [0.1, 0.15) is 11.5 Å². The minimum absolute atomic E-state index is 0.0760. The minimum atomic E-state index is -0.348. The van der Waals surface area contributed by atoms with Crippen LogP contribution in [0.1, 0.15) is 15.9 Å². The van der Waals surface area contributed by atoms with Crippen molar-refractivity contribution in [1.29, 1.82) is 0 Å². The molecule has 0 bridgehead atoms. The fraction of sp³-hybridized carbons (Fsp3) is 0. The number of amides is 1. The molecular formula is C14H11BrN2O3. The average molecular weight is 335 g/mol. The highest BCUT2D eigenvalue weighted by atomic mass is 79.9. The lowest BCUT2D eigenvalue weighted by molar-refractivity contribution is 0.0955. The molecule has 0 saturated heterocycles. The van der Waals surface area contributed by atoms with Crippen LogP contribution >= 0.6 is 15.9 Å². The highest BCUT2D eigenvalue weighted by molar-refractivity contribution is 9.10. The van der Waals surface area contributed by atoms with Crippen LogP contribution in [0.2, 0.25) is 0 Å². The van der Waals surface area contributed by atoms with Gasteiger partial charge in [-0.1, -0.05) is 18.2 Å². The van der Waals surface area contributed by atoms with E-state index in [1.807, 2.05) is 6.07 Å². The van der Waals surface area contributed by atoms with E-state index >= 15 is 0 Å². The molecule has 0 spiro atoms. The Hall–Kier alpha value is -2.34. The number of rotatable bonds is 3. The summed E-state index contributed by atoms with van der Waals surface area (Å²) in [5.74, 6) is -0.560. The van der Waals surface area contributed by atoms with Crippen LogP contribution in [0.15, 0.2) is 52.0 Å². The normalized spacial score (nSPS) is 10.7. The Labute approximate surface area is 123 Å². The number of phenolic OH excluding ortho intramolecular Hbond substituents is 2. The van der Waals surface area contributed by atoms with Gasteiger partial charge in [0.05, 0.1) is 10.7 Å². The van der Waals surface area contributed by atoms with E-state index in [1.54, 1.807) is 24.3 Å². The summed E-state index contributed by atoms with van der Waals surface area (Å²) < 4.78 is 0.422. The molecule has 0 radical (unpaired) electrons. The second-order valence-corrected chi connectivity index (χ2v) is 4.78. The minimum Gasteiger partial charge on any atom is -0.507 e. The lowest BCUT2D eigenvalue weighted by atomic mass is 10.2. The summed E-state index contributed by atoms with van der Waals surface area (Å²) in [6.45, 7) is 0. The molecular weight excluding hydrogens is 324 g/mol. The number of hydrogen-bond acceptors (Lipinski definition) is 4. The lowest BCUT2D eigenvalue weighted by Crippen LogP contribution is -2.17. The van der Waals surface area contributed by atoms with Gasteiger partial charge in [0.15, 0.2) is 0 Å². The van der Waals surface area contributed by atoms with Crippen molar-refractivity contribution in [3.05, 3.63) is 58.1 Å². The zero-order valence-electron chi connectivity index (χ0n) is 10.2. The zero-order valence-corrected chi connectivity index (χ0v) is 11.8. The summed E-state index contributed by atoms with van der Waals surface area (Å²) in [5, 5.41) is 22.7. The quantitative estimate of drug-likeness (QED) is 0.596. The molecule has 0 unspecified atom stereocenters. The Kier molecular flexibility index (Phi) is 4.37. The maximum absolute atomic E-state index is 11.7. The number of nitrogens with one attached hydrogen (secondary N) is 1. The standard InChI is InChI=1S/C14H11BrN2O3/c15-11-6-10(12(18)7-13(11)19)8-16-17-14(20)9-4-2-1-3-5-9/h1-8,18-19H,(H,17,20)/b16-8-. The molecule has 0 atom stereocenters. The largest absolute Gasteiger partial charge is 0.507 e. The van der Waals surface area contributed by atoms with Gasteiger partial charge >= 0.3 is 0 Å². The van der Waals surface area contributed by atoms with Crippen molar-refractivity contribution in [2.24, 2.45) is 5.10 Å². The highest BCUT2D eigenvalue weighted by Crippen LogP contribution is 2.30. The second kappa shape index (κ2) is 6.21. The Morgan fingerprint density at radius 3 is 2.55 bits per heavy atom. The fourth-order valence-corrected chi connectivity index (χ4v) is 1.85. The predicted molar refractivity (Wildman–Crippen MR) is 79.0 cm³/mol. The number of hydrogen-bond donors (Lipinski definition) is 3. The van der Waals surface area contributed by atoms with E-state index in [-0.39, 0.29) is 17.4 Å². The van der Waals surface area contributed by atoms with Gasteiger partial charge in [-0.25, -0.2) is 5.43 Å². The molecule has 2 rings (SSSR count). The zero-order chi connectivity index (χ0) is 14.5. The molecule has 102 valence electrons. The summed E-state index contributed by atoms with van der Waals surface area (Å²) >= 11 is 3.13. The van der Waals surface area contributed by atoms with Gasteiger partial charge in [-0.15, -0.1) is 0 Å². The molecule has 5 nitrogen and oxygen atoms in total. The third-order valence-corrected chi connectivity index (χ3v) is 3.14. The van der Waals surface area contributed by atoms with Crippen molar-refractivity contribution in [2.75, 3.05) is 0 Å². The molecule has 0 aliphatic carbocycles. The van der Waals surface area contributed by atoms with Gasteiger partial charge in [0, 0.05) is 17.2 Å². The Balaban J connectivity index is 2.08. The Morgan fingerprint density at radius 2 is 1.85 bits per heavy atom. The molecule has 0 aromatic heterocycles. The highest BCUT2D eigenvalue weighted by Gasteiger charge is 2.05. The number of hydrazone groups is 1. The first-order valence-electron chi connectivity index (χ1n) is 5.68. The fourth-order valence-electron chi connectivity index (χ4n) is 1.48. The summed E-state index contributed by atoms with van der Waals surface area (Å²) in [6, 6.07) is 11.3. The number of carbonyl (C=O) groups excluding carboxylic acids is 1. The van der Waals surface area contributed by atoms with Crippen LogP contribution < -0.4 is 5.43 Å². The summed E-state index contributed by atoms with van der Waals surface area (Å²) in [7, 11) is 0. The van der Waals surface area contributed by atoms with E-state index in [9.17, 15) is 15.0 Å². The number of aromatic hydroxyl groups is 2. The molecule has 6 heteroatoms. The number of carbonyl (C=O) groups is 1. The van der Waals surface area contributed by atoms with Crippen molar-refractivity contribution in [3.8, 4) is 11.5 Å². The van der Waals surface area contributed by atoms with Crippen molar-refractivity contribution in [3.63, 3.8) is 0 Å². The van der Waals surface area contributed by atoms with E-state index in [0.717, 1.165) is 0 Å². The topological polar surface area (TPSA) is 81.9 Å². The van der Waals surface area contributed by atoms with Crippen LogP contribution in [0.5, 0.6) is 11.5 Å². The maximum atomic E-state index is 11.7. The molecule has 0 fully saturated rings. The number of halogens is 1. The van der Waals surface area contributed by atoms with Crippen LogP contribution in [-0.2, 0) is 0 Å². The summed E-state index contributed by atoms with van der Waals surface area (Å²) in [5.41, 5.74) is 3.20. The van der Waals surface area contributed by atoms with Crippen LogP contribution in [0, 0.1) is 0 Å². The number of phenols is 2. The van der Waals surface area contributed by atoms with Gasteiger partial charge in [-0.05, 0) is 34.1 Å². The molecule has 2 aromatic carbocycles. The molecule has 0 aliphatic rings. The smallest absolute Gasteiger partial charge is 0.271 e. The first kappa shape index (κ1) is 14.1. The van der Waals surface area contributed by atoms with Crippen molar-refractivity contribution in [2.45, 2.75) is 0 Å². The van der Waals surface area contributed by atoms with E-state index < -0.39 is 0 Å². The first-order chi connectivity index (χ1) is 9.58.